The lowest BCUT2D eigenvalue weighted by atomic mass is 9.96. The van der Waals surface area contributed by atoms with Gasteiger partial charge in [-0.1, -0.05) is 0 Å². The maximum Gasteiger partial charge on any atom is 0.393 e. The van der Waals surface area contributed by atoms with Crippen molar-refractivity contribution in [1.82, 2.24) is 4.98 Å². The predicted octanol–water partition coefficient (Wildman–Crippen LogP) is 3.91. The third kappa shape index (κ3) is 3.32. The minimum Gasteiger partial charge on any atom is -0.371 e. The van der Waals surface area contributed by atoms with E-state index >= 15 is 0 Å². The van der Waals surface area contributed by atoms with Crippen molar-refractivity contribution in [3.63, 3.8) is 0 Å². The van der Waals surface area contributed by atoms with Gasteiger partial charge in [0.05, 0.1) is 11.8 Å². The number of rotatable bonds is 2. The fourth-order valence-corrected chi connectivity index (χ4v) is 2.64. The molecule has 0 aromatic carbocycles. The van der Waals surface area contributed by atoms with E-state index in [4.69, 9.17) is 11.6 Å². The average Bonchev–Trinajstić information content (AvgIpc) is 2.38. The van der Waals surface area contributed by atoms with E-state index in [1.165, 1.54) is 0 Å². The van der Waals surface area contributed by atoms with Crippen LogP contribution in [0.3, 0.4) is 0 Å². The Morgan fingerprint density at radius 1 is 1.47 bits per heavy atom. The van der Waals surface area contributed by atoms with Crippen LogP contribution in [0.2, 0.25) is 0 Å². The molecule has 0 spiro atoms. The van der Waals surface area contributed by atoms with E-state index in [0.717, 1.165) is 16.9 Å². The van der Waals surface area contributed by atoms with Gasteiger partial charge in [0.2, 0.25) is 0 Å². The van der Waals surface area contributed by atoms with Crippen molar-refractivity contribution in [3.8, 4) is 0 Å². The van der Waals surface area contributed by atoms with Gasteiger partial charge in [0.1, 0.15) is 0 Å². The van der Waals surface area contributed by atoms with Gasteiger partial charge in [-0.25, -0.2) is 0 Å². The third-order valence-electron chi connectivity index (χ3n) is 3.47. The highest BCUT2D eigenvalue weighted by Crippen LogP contribution is 2.35. The highest BCUT2D eigenvalue weighted by Gasteiger charge is 2.42. The number of hydrogen-bond acceptors (Lipinski definition) is 2. The zero-order valence-corrected chi connectivity index (χ0v) is 11.4. The minimum atomic E-state index is -4.12. The quantitative estimate of drug-likeness (QED) is 0.768. The first kappa shape index (κ1) is 14.4. The lowest BCUT2D eigenvalue weighted by molar-refractivity contribution is -0.175. The number of nitrogens with zero attached hydrogens (tertiary/aromatic N) is 2. The van der Waals surface area contributed by atoms with Gasteiger partial charge in [0, 0.05) is 36.2 Å². The van der Waals surface area contributed by atoms with Crippen molar-refractivity contribution in [2.75, 3.05) is 18.0 Å². The van der Waals surface area contributed by atoms with E-state index in [1.54, 1.807) is 11.1 Å². The van der Waals surface area contributed by atoms with Crippen molar-refractivity contribution in [3.05, 3.63) is 23.5 Å². The summed E-state index contributed by atoms with van der Waals surface area (Å²) in [6.07, 6.45) is -1.72. The molecule has 0 amide bonds. The predicted molar refractivity (Wildman–Crippen MR) is 69.5 cm³/mol. The zero-order chi connectivity index (χ0) is 14.0. The van der Waals surface area contributed by atoms with Crippen molar-refractivity contribution in [1.29, 1.82) is 0 Å². The summed E-state index contributed by atoms with van der Waals surface area (Å²) in [4.78, 5) is 5.93. The standard InChI is InChI=1S/C13H16ClF3N2/c1-9-5-12(10(6-14)7-18-9)19-4-2-3-11(8-19)13(15,16)17/h5,7,11H,2-4,6,8H2,1H3. The molecule has 1 aliphatic heterocycles. The van der Waals surface area contributed by atoms with Crippen LogP contribution in [0, 0.1) is 12.8 Å². The fraction of sp³-hybridized carbons (Fsp3) is 0.615. The summed E-state index contributed by atoms with van der Waals surface area (Å²) in [6, 6.07) is 1.82. The average molecular weight is 293 g/mol. The van der Waals surface area contributed by atoms with Crippen LogP contribution < -0.4 is 4.90 Å². The Hall–Kier alpha value is -0.970. The van der Waals surface area contributed by atoms with Crippen LogP contribution in [0.25, 0.3) is 0 Å². The molecule has 0 saturated carbocycles. The van der Waals surface area contributed by atoms with Crippen LogP contribution in [0.5, 0.6) is 0 Å². The van der Waals surface area contributed by atoms with Gasteiger partial charge in [0.25, 0.3) is 0 Å². The smallest absolute Gasteiger partial charge is 0.371 e. The van der Waals surface area contributed by atoms with Gasteiger partial charge in [-0.15, -0.1) is 11.6 Å². The van der Waals surface area contributed by atoms with Gasteiger partial charge >= 0.3 is 6.18 Å². The van der Waals surface area contributed by atoms with E-state index in [1.807, 2.05) is 13.0 Å². The van der Waals surface area contributed by atoms with Gasteiger partial charge < -0.3 is 4.90 Å². The molecule has 2 rings (SSSR count). The molecule has 1 aromatic rings. The number of aromatic nitrogens is 1. The minimum absolute atomic E-state index is 0.0108. The van der Waals surface area contributed by atoms with Crippen LogP contribution >= 0.6 is 11.6 Å². The summed E-state index contributed by atoms with van der Waals surface area (Å²) < 4.78 is 38.5. The lowest BCUT2D eigenvalue weighted by Gasteiger charge is -2.36. The number of anilines is 1. The Balaban J connectivity index is 2.24. The number of pyridine rings is 1. The molecule has 1 unspecified atom stereocenters. The van der Waals surface area contributed by atoms with Crippen LogP contribution in [0.1, 0.15) is 24.1 Å². The molecule has 0 bridgehead atoms. The summed E-state index contributed by atoms with van der Waals surface area (Å²) in [5.74, 6) is -0.992. The number of alkyl halides is 4. The van der Waals surface area contributed by atoms with Gasteiger partial charge in [-0.3, -0.25) is 4.98 Å². The second-order valence-electron chi connectivity index (χ2n) is 4.91. The van der Waals surface area contributed by atoms with Gasteiger partial charge in [0.15, 0.2) is 0 Å². The first-order valence-electron chi connectivity index (χ1n) is 6.25. The van der Waals surface area contributed by atoms with Crippen molar-refractivity contribution < 1.29 is 13.2 Å². The van der Waals surface area contributed by atoms with E-state index in [0.29, 0.717) is 13.0 Å². The van der Waals surface area contributed by atoms with E-state index in [-0.39, 0.29) is 18.8 Å². The molecule has 1 atom stereocenters. The normalized spacial score (nSPS) is 20.7. The first-order chi connectivity index (χ1) is 8.91. The van der Waals surface area contributed by atoms with Crippen LogP contribution in [-0.2, 0) is 5.88 Å². The molecule has 19 heavy (non-hydrogen) atoms. The fourth-order valence-electron chi connectivity index (χ4n) is 2.43. The number of halogens is 4. The van der Waals surface area contributed by atoms with Crippen molar-refractivity contribution >= 4 is 17.3 Å². The van der Waals surface area contributed by atoms with Gasteiger partial charge in [-0.05, 0) is 25.8 Å². The van der Waals surface area contributed by atoms with Crippen LogP contribution in [0.15, 0.2) is 12.3 Å². The SMILES string of the molecule is Cc1cc(N2CCCC(C(F)(F)F)C2)c(CCl)cn1. The summed E-state index contributed by atoms with van der Waals surface area (Å²) in [7, 11) is 0. The van der Waals surface area contributed by atoms with Gasteiger partial charge in [-0.2, -0.15) is 13.2 Å². The number of aryl methyl sites for hydroxylation is 1. The molecular formula is C13H16ClF3N2. The molecule has 2 nitrogen and oxygen atoms in total. The first-order valence-corrected chi connectivity index (χ1v) is 6.78. The Kier molecular flexibility index (Phi) is 4.23. The molecule has 1 saturated heterocycles. The largest absolute Gasteiger partial charge is 0.393 e. The topological polar surface area (TPSA) is 16.1 Å². The molecular weight excluding hydrogens is 277 g/mol. The second kappa shape index (κ2) is 5.57. The van der Waals surface area contributed by atoms with E-state index in [9.17, 15) is 13.2 Å². The van der Waals surface area contributed by atoms with Crippen molar-refractivity contribution in [2.24, 2.45) is 5.92 Å². The highest BCUT2D eigenvalue weighted by atomic mass is 35.5. The molecule has 2 heterocycles. The molecule has 1 aromatic heterocycles. The maximum atomic E-state index is 12.8. The highest BCUT2D eigenvalue weighted by molar-refractivity contribution is 6.17. The Bertz CT molecular complexity index is 448. The second-order valence-corrected chi connectivity index (χ2v) is 5.18. The molecule has 106 valence electrons. The number of hydrogen-bond donors (Lipinski definition) is 0. The van der Waals surface area contributed by atoms with Crippen LogP contribution in [0.4, 0.5) is 18.9 Å². The molecule has 1 aliphatic rings. The van der Waals surface area contributed by atoms with Crippen molar-refractivity contribution in [2.45, 2.75) is 31.8 Å². The summed E-state index contributed by atoms with van der Waals surface area (Å²) in [5, 5.41) is 0. The molecule has 0 N–H and O–H groups in total. The Labute approximate surface area is 115 Å². The summed E-state index contributed by atoms with van der Waals surface area (Å²) in [5.41, 5.74) is 2.37. The third-order valence-corrected chi connectivity index (χ3v) is 3.76. The Morgan fingerprint density at radius 3 is 2.84 bits per heavy atom. The number of piperidine rings is 1. The molecule has 0 aliphatic carbocycles. The summed E-state index contributed by atoms with van der Waals surface area (Å²) >= 11 is 5.84. The lowest BCUT2D eigenvalue weighted by Crippen LogP contribution is -2.42. The maximum absolute atomic E-state index is 12.8. The molecule has 1 fully saturated rings. The molecule has 6 heteroatoms. The molecule has 0 radical (unpaired) electrons. The summed E-state index contributed by atoms with van der Waals surface area (Å²) in [6.45, 7) is 2.48. The van der Waals surface area contributed by atoms with E-state index < -0.39 is 12.1 Å². The zero-order valence-electron chi connectivity index (χ0n) is 10.7. The van der Waals surface area contributed by atoms with Crippen LogP contribution in [-0.4, -0.2) is 24.2 Å². The Morgan fingerprint density at radius 2 is 2.21 bits per heavy atom. The monoisotopic (exact) mass is 292 g/mol. The van der Waals surface area contributed by atoms with E-state index in [2.05, 4.69) is 4.98 Å².